The molecule has 1 atom stereocenters. The van der Waals surface area contributed by atoms with Crippen LogP contribution in [0.15, 0.2) is 47.5 Å². The number of morpholine rings is 1. The summed E-state index contributed by atoms with van der Waals surface area (Å²) in [6.07, 6.45) is 2.95. The third-order valence-electron chi connectivity index (χ3n) is 4.68. The standard InChI is InChI=1S/C22H28N2O3/c1-4-17(2)27-21-10-5-18(15-22(21)25-3)16-23-19-6-8-20(9-7-19)24-11-13-26-14-12-24/h5-10,15-17H,4,11-14H2,1-3H3/t17-/m1/s1. The lowest BCUT2D eigenvalue weighted by Gasteiger charge is -2.28. The quantitative estimate of drug-likeness (QED) is 0.677. The Morgan fingerprint density at radius 2 is 1.85 bits per heavy atom. The van der Waals surface area contributed by atoms with Crippen molar-refractivity contribution in [1.82, 2.24) is 0 Å². The Labute approximate surface area is 161 Å². The number of hydrogen-bond donors (Lipinski definition) is 0. The summed E-state index contributed by atoms with van der Waals surface area (Å²) in [5, 5.41) is 0. The molecule has 1 heterocycles. The second kappa shape index (κ2) is 9.42. The van der Waals surface area contributed by atoms with E-state index in [2.05, 4.69) is 35.9 Å². The first-order valence-electron chi connectivity index (χ1n) is 9.51. The van der Waals surface area contributed by atoms with Crippen LogP contribution >= 0.6 is 0 Å². The van der Waals surface area contributed by atoms with Crippen LogP contribution in [0, 0.1) is 0 Å². The van der Waals surface area contributed by atoms with Crippen LogP contribution in [0.2, 0.25) is 0 Å². The van der Waals surface area contributed by atoms with Gasteiger partial charge in [0.1, 0.15) is 0 Å². The molecule has 0 unspecified atom stereocenters. The largest absolute Gasteiger partial charge is 0.493 e. The smallest absolute Gasteiger partial charge is 0.161 e. The first kappa shape index (κ1) is 19.2. The predicted octanol–water partition coefficient (Wildman–Crippen LogP) is 4.46. The first-order valence-corrected chi connectivity index (χ1v) is 9.51. The third-order valence-corrected chi connectivity index (χ3v) is 4.68. The van der Waals surface area contributed by atoms with E-state index in [4.69, 9.17) is 14.2 Å². The van der Waals surface area contributed by atoms with Gasteiger partial charge in [-0.15, -0.1) is 0 Å². The summed E-state index contributed by atoms with van der Waals surface area (Å²) < 4.78 is 16.8. The van der Waals surface area contributed by atoms with E-state index in [0.29, 0.717) is 0 Å². The van der Waals surface area contributed by atoms with E-state index in [1.54, 1.807) is 7.11 Å². The molecule has 144 valence electrons. The Kier molecular flexibility index (Phi) is 6.71. The normalized spacial score (nSPS) is 15.7. The highest BCUT2D eigenvalue weighted by atomic mass is 16.5. The Balaban J connectivity index is 1.68. The molecule has 1 fully saturated rings. The molecule has 0 radical (unpaired) electrons. The molecule has 5 heteroatoms. The lowest BCUT2D eigenvalue weighted by molar-refractivity contribution is 0.122. The van der Waals surface area contributed by atoms with Gasteiger partial charge in [0.2, 0.25) is 0 Å². The highest BCUT2D eigenvalue weighted by Gasteiger charge is 2.11. The van der Waals surface area contributed by atoms with E-state index >= 15 is 0 Å². The zero-order chi connectivity index (χ0) is 19.1. The minimum absolute atomic E-state index is 0.156. The lowest BCUT2D eigenvalue weighted by atomic mass is 10.2. The zero-order valence-corrected chi connectivity index (χ0v) is 16.4. The highest BCUT2D eigenvalue weighted by molar-refractivity contribution is 5.83. The molecular formula is C22H28N2O3. The number of ether oxygens (including phenoxy) is 3. The minimum Gasteiger partial charge on any atom is -0.493 e. The van der Waals surface area contributed by atoms with Crippen LogP contribution in [0.4, 0.5) is 11.4 Å². The summed E-state index contributed by atoms with van der Waals surface area (Å²) in [4.78, 5) is 6.91. The number of methoxy groups -OCH3 is 1. The molecule has 0 N–H and O–H groups in total. The SMILES string of the molecule is CC[C@@H](C)Oc1ccc(C=Nc2ccc(N3CCOCC3)cc2)cc1OC. The van der Waals surface area contributed by atoms with Crippen molar-refractivity contribution < 1.29 is 14.2 Å². The molecule has 3 rings (SSSR count). The van der Waals surface area contributed by atoms with Gasteiger partial charge in [-0.1, -0.05) is 6.92 Å². The lowest BCUT2D eigenvalue weighted by Crippen LogP contribution is -2.36. The maximum atomic E-state index is 5.89. The summed E-state index contributed by atoms with van der Waals surface area (Å²) in [5.74, 6) is 1.49. The monoisotopic (exact) mass is 368 g/mol. The number of rotatable bonds is 7. The highest BCUT2D eigenvalue weighted by Crippen LogP contribution is 2.29. The first-order chi connectivity index (χ1) is 13.2. The van der Waals surface area contributed by atoms with Crippen molar-refractivity contribution in [1.29, 1.82) is 0 Å². The molecule has 1 aliphatic rings. The Hall–Kier alpha value is -2.53. The maximum Gasteiger partial charge on any atom is 0.161 e. The molecule has 0 bridgehead atoms. The summed E-state index contributed by atoms with van der Waals surface area (Å²) in [6, 6.07) is 14.2. The maximum absolute atomic E-state index is 5.89. The van der Waals surface area contributed by atoms with Crippen LogP contribution in [0.5, 0.6) is 11.5 Å². The average molecular weight is 368 g/mol. The van der Waals surface area contributed by atoms with E-state index in [0.717, 1.165) is 55.5 Å². The molecule has 0 amide bonds. The van der Waals surface area contributed by atoms with Crippen molar-refractivity contribution in [2.45, 2.75) is 26.4 Å². The van der Waals surface area contributed by atoms with Gasteiger partial charge < -0.3 is 19.1 Å². The molecule has 1 saturated heterocycles. The summed E-state index contributed by atoms with van der Waals surface area (Å²) in [5.41, 5.74) is 3.11. The van der Waals surface area contributed by atoms with Gasteiger partial charge in [-0.05, 0) is 61.4 Å². The molecular weight excluding hydrogens is 340 g/mol. The molecule has 0 aromatic heterocycles. The number of anilines is 1. The van der Waals surface area contributed by atoms with Gasteiger partial charge in [0, 0.05) is 25.0 Å². The zero-order valence-electron chi connectivity index (χ0n) is 16.4. The fourth-order valence-corrected chi connectivity index (χ4v) is 2.88. The topological polar surface area (TPSA) is 43.3 Å². The Bertz CT molecular complexity index is 753. The summed E-state index contributed by atoms with van der Waals surface area (Å²) >= 11 is 0. The summed E-state index contributed by atoms with van der Waals surface area (Å²) in [6.45, 7) is 7.61. The minimum atomic E-state index is 0.156. The van der Waals surface area contributed by atoms with Crippen LogP contribution in [-0.4, -0.2) is 45.7 Å². The van der Waals surface area contributed by atoms with E-state index < -0.39 is 0 Å². The molecule has 2 aromatic rings. The molecule has 0 saturated carbocycles. The second-order valence-electron chi connectivity index (χ2n) is 6.62. The van der Waals surface area contributed by atoms with Crippen LogP contribution < -0.4 is 14.4 Å². The Morgan fingerprint density at radius 3 is 2.52 bits per heavy atom. The fraction of sp³-hybridized carbons (Fsp3) is 0.409. The van der Waals surface area contributed by atoms with Crippen molar-refractivity contribution in [3.63, 3.8) is 0 Å². The van der Waals surface area contributed by atoms with E-state index in [-0.39, 0.29) is 6.10 Å². The van der Waals surface area contributed by atoms with E-state index in [1.807, 2.05) is 36.5 Å². The van der Waals surface area contributed by atoms with Crippen molar-refractivity contribution >= 4 is 17.6 Å². The molecule has 27 heavy (non-hydrogen) atoms. The van der Waals surface area contributed by atoms with Gasteiger partial charge in [-0.25, -0.2) is 0 Å². The van der Waals surface area contributed by atoms with Gasteiger partial charge in [-0.2, -0.15) is 0 Å². The predicted molar refractivity (Wildman–Crippen MR) is 110 cm³/mol. The van der Waals surface area contributed by atoms with Gasteiger partial charge >= 0.3 is 0 Å². The number of aliphatic imine (C=N–C) groups is 1. The van der Waals surface area contributed by atoms with Gasteiger partial charge in [0.15, 0.2) is 11.5 Å². The molecule has 5 nitrogen and oxygen atoms in total. The average Bonchev–Trinajstić information content (AvgIpc) is 2.73. The van der Waals surface area contributed by atoms with Crippen molar-refractivity contribution in [2.75, 3.05) is 38.3 Å². The summed E-state index contributed by atoms with van der Waals surface area (Å²) in [7, 11) is 1.66. The fourth-order valence-electron chi connectivity index (χ4n) is 2.88. The van der Waals surface area contributed by atoms with E-state index in [1.165, 1.54) is 5.69 Å². The number of hydrogen-bond acceptors (Lipinski definition) is 5. The molecule has 2 aromatic carbocycles. The van der Waals surface area contributed by atoms with Crippen LogP contribution in [0.3, 0.4) is 0 Å². The number of benzene rings is 2. The van der Waals surface area contributed by atoms with Crippen LogP contribution in [0.25, 0.3) is 0 Å². The second-order valence-corrected chi connectivity index (χ2v) is 6.62. The Morgan fingerprint density at radius 1 is 1.11 bits per heavy atom. The van der Waals surface area contributed by atoms with Crippen LogP contribution in [-0.2, 0) is 4.74 Å². The molecule has 0 spiro atoms. The van der Waals surface area contributed by atoms with Crippen molar-refractivity contribution in [3.8, 4) is 11.5 Å². The van der Waals surface area contributed by atoms with E-state index in [9.17, 15) is 0 Å². The van der Waals surface area contributed by atoms with Gasteiger partial charge in [0.05, 0.1) is 32.1 Å². The molecule has 1 aliphatic heterocycles. The number of nitrogens with zero attached hydrogens (tertiary/aromatic N) is 2. The van der Waals surface area contributed by atoms with Crippen LogP contribution in [0.1, 0.15) is 25.8 Å². The molecule has 0 aliphatic carbocycles. The van der Waals surface area contributed by atoms with Crippen molar-refractivity contribution in [2.24, 2.45) is 4.99 Å². The van der Waals surface area contributed by atoms with Gasteiger partial charge in [0.25, 0.3) is 0 Å². The third kappa shape index (κ3) is 5.23. The van der Waals surface area contributed by atoms with Gasteiger partial charge in [-0.3, -0.25) is 4.99 Å². The van der Waals surface area contributed by atoms with Crippen molar-refractivity contribution in [3.05, 3.63) is 48.0 Å².